The Bertz CT molecular complexity index is 1070. The number of H-pyrrole nitrogens is 1. The molecule has 24 heavy (non-hydrogen) atoms. The number of benzene rings is 1. The average Bonchev–Trinajstić information content (AvgIpc) is 3.17. The van der Waals surface area contributed by atoms with Crippen LogP contribution < -0.4 is 10.5 Å². The number of pyridine rings is 1. The highest BCUT2D eigenvalue weighted by molar-refractivity contribution is 5.98. The van der Waals surface area contributed by atoms with E-state index < -0.39 is 11.6 Å². The fourth-order valence-electron chi connectivity index (χ4n) is 2.82. The minimum Gasteiger partial charge on any atom is -0.490 e. The van der Waals surface area contributed by atoms with Crippen LogP contribution >= 0.6 is 0 Å². The highest BCUT2D eigenvalue weighted by Crippen LogP contribution is 2.40. The SMILES string of the molecule is CCOc1c(F)c(F)c2[nH]ncc2c1-c1ccn2nc(N)cc2c1. The second-order valence-electron chi connectivity index (χ2n) is 5.28. The molecule has 0 spiro atoms. The van der Waals surface area contributed by atoms with Crippen LogP contribution in [0.3, 0.4) is 0 Å². The Morgan fingerprint density at radius 2 is 2.12 bits per heavy atom. The van der Waals surface area contributed by atoms with Gasteiger partial charge >= 0.3 is 0 Å². The Balaban J connectivity index is 2.07. The number of halogens is 2. The zero-order valence-electron chi connectivity index (χ0n) is 12.7. The van der Waals surface area contributed by atoms with Crippen molar-refractivity contribution in [3.05, 3.63) is 42.2 Å². The van der Waals surface area contributed by atoms with Crippen LogP contribution in [0.15, 0.2) is 30.6 Å². The van der Waals surface area contributed by atoms with Gasteiger partial charge in [0.25, 0.3) is 0 Å². The van der Waals surface area contributed by atoms with Crippen LogP contribution in [0.1, 0.15) is 6.92 Å². The summed E-state index contributed by atoms with van der Waals surface area (Å²) >= 11 is 0. The molecule has 0 amide bonds. The molecule has 0 atom stereocenters. The van der Waals surface area contributed by atoms with Gasteiger partial charge < -0.3 is 10.5 Å². The summed E-state index contributed by atoms with van der Waals surface area (Å²) in [6.45, 7) is 1.91. The Hall–Kier alpha value is -3.16. The molecule has 0 saturated carbocycles. The molecule has 4 aromatic rings. The molecule has 0 radical (unpaired) electrons. The molecule has 8 heteroatoms. The van der Waals surface area contributed by atoms with Crippen LogP contribution in [0.4, 0.5) is 14.6 Å². The van der Waals surface area contributed by atoms with E-state index in [-0.39, 0.29) is 17.9 Å². The smallest absolute Gasteiger partial charge is 0.203 e. The minimum atomic E-state index is -1.04. The number of nitrogen functional groups attached to an aromatic ring is 1. The molecule has 3 N–H and O–H groups in total. The van der Waals surface area contributed by atoms with Gasteiger partial charge in [-0.2, -0.15) is 14.6 Å². The van der Waals surface area contributed by atoms with Gasteiger partial charge in [-0.1, -0.05) is 0 Å². The van der Waals surface area contributed by atoms with E-state index in [0.29, 0.717) is 22.3 Å². The number of nitrogens with two attached hydrogens (primary N) is 1. The zero-order chi connectivity index (χ0) is 16.8. The fourth-order valence-corrected chi connectivity index (χ4v) is 2.82. The molecule has 0 saturated heterocycles. The maximum Gasteiger partial charge on any atom is 0.203 e. The number of aromatic nitrogens is 4. The highest BCUT2D eigenvalue weighted by atomic mass is 19.2. The molecule has 0 fully saturated rings. The van der Waals surface area contributed by atoms with Gasteiger partial charge in [0, 0.05) is 23.2 Å². The molecule has 1 aromatic carbocycles. The predicted molar refractivity (Wildman–Crippen MR) is 85.8 cm³/mol. The molecule has 0 unspecified atom stereocenters. The molecule has 0 bridgehead atoms. The monoisotopic (exact) mass is 329 g/mol. The minimum absolute atomic E-state index is 0.00107. The van der Waals surface area contributed by atoms with E-state index in [9.17, 15) is 8.78 Å². The molecule has 0 aliphatic heterocycles. The van der Waals surface area contributed by atoms with Crippen LogP contribution in [0.2, 0.25) is 0 Å². The summed E-state index contributed by atoms with van der Waals surface area (Å²) < 4.78 is 35.7. The molecular weight excluding hydrogens is 316 g/mol. The van der Waals surface area contributed by atoms with E-state index in [0.717, 1.165) is 5.52 Å². The number of hydrogen-bond acceptors (Lipinski definition) is 4. The van der Waals surface area contributed by atoms with Gasteiger partial charge in [-0.05, 0) is 24.6 Å². The van der Waals surface area contributed by atoms with Gasteiger partial charge in [-0.25, -0.2) is 8.91 Å². The lowest BCUT2D eigenvalue weighted by Crippen LogP contribution is -2.01. The summed E-state index contributed by atoms with van der Waals surface area (Å²) in [6, 6.07) is 5.21. The van der Waals surface area contributed by atoms with Crippen molar-refractivity contribution in [2.24, 2.45) is 0 Å². The zero-order valence-corrected chi connectivity index (χ0v) is 12.7. The normalized spacial score (nSPS) is 11.5. The maximum absolute atomic E-state index is 14.5. The number of rotatable bonds is 3. The number of fused-ring (bicyclic) bond motifs is 2. The van der Waals surface area contributed by atoms with E-state index in [1.807, 2.05) is 0 Å². The summed E-state index contributed by atoms with van der Waals surface area (Å²) in [5, 5.41) is 10.9. The van der Waals surface area contributed by atoms with Crippen molar-refractivity contribution in [1.29, 1.82) is 0 Å². The third-order valence-electron chi connectivity index (χ3n) is 3.81. The van der Waals surface area contributed by atoms with Gasteiger partial charge in [-0.15, -0.1) is 0 Å². The van der Waals surface area contributed by atoms with Crippen molar-refractivity contribution in [1.82, 2.24) is 19.8 Å². The van der Waals surface area contributed by atoms with Crippen molar-refractivity contribution in [3.63, 3.8) is 0 Å². The Kier molecular flexibility index (Phi) is 3.12. The number of nitrogens with zero attached hydrogens (tertiary/aromatic N) is 3. The summed E-state index contributed by atoms with van der Waals surface area (Å²) in [7, 11) is 0. The topological polar surface area (TPSA) is 81.2 Å². The molecular formula is C16H13F2N5O. The number of anilines is 1. The van der Waals surface area contributed by atoms with Gasteiger partial charge in [-0.3, -0.25) is 5.10 Å². The Morgan fingerprint density at radius 1 is 1.29 bits per heavy atom. The number of nitrogens with one attached hydrogen (secondary N) is 1. The fraction of sp³-hybridized carbons (Fsp3) is 0.125. The van der Waals surface area contributed by atoms with E-state index in [1.54, 1.807) is 35.8 Å². The van der Waals surface area contributed by atoms with Gasteiger partial charge in [0.15, 0.2) is 11.6 Å². The molecule has 3 heterocycles. The lowest BCUT2D eigenvalue weighted by atomic mass is 10.0. The van der Waals surface area contributed by atoms with Crippen LogP contribution in [-0.4, -0.2) is 26.4 Å². The molecule has 6 nitrogen and oxygen atoms in total. The molecule has 4 rings (SSSR count). The van der Waals surface area contributed by atoms with Crippen molar-refractivity contribution < 1.29 is 13.5 Å². The van der Waals surface area contributed by atoms with E-state index in [2.05, 4.69) is 15.3 Å². The first-order valence-corrected chi connectivity index (χ1v) is 7.32. The summed E-state index contributed by atoms with van der Waals surface area (Å²) in [6.07, 6.45) is 3.15. The van der Waals surface area contributed by atoms with Crippen LogP contribution in [-0.2, 0) is 0 Å². The first-order valence-electron chi connectivity index (χ1n) is 7.32. The van der Waals surface area contributed by atoms with Gasteiger partial charge in [0.05, 0.1) is 18.3 Å². The van der Waals surface area contributed by atoms with E-state index in [4.69, 9.17) is 10.5 Å². The van der Waals surface area contributed by atoms with Crippen LogP contribution in [0.5, 0.6) is 5.75 Å². The quantitative estimate of drug-likeness (QED) is 0.605. The number of aromatic amines is 1. The summed E-state index contributed by atoms with van der Waals surface area (Å²) in [4.78, 5) is 0. The maximum atomic E-state index is 14.5. The number of ether oxygens (including phenoxy) is 1. The predicted octanol–water partition coefficient (Wildman–Crippen LogP) is 3.14. The van der Waals surface area contributed by atoms with Gasteiger partial charge in [0.1, 0.15) is 11.3 Å². The third-order valence-corrected chi connectivity index (χ3v) is 3.81. The van der Waals surface area contributed by atoms with Crippen LogP contribution in [0.25, 0.3) is 27.5 Å². The van der Waals surface area contributed by atoms with Gasteiger partial charge in [0.2, 0.25) is 5.82 Å². The second-order valence-corrected chi connectivity index (χ2v) is 5.28. The molecule has 0 aliphatic carbocycles. The summed E-state index contributed by atoms with van der Waals surface area (Å²) in [5.41, 5.74) is 7.50. The summed E-state index contributed by atoms with van der Waals surface area (Å²) in [5.74, 6) is -1.82. The average molecular weight is 329 g/mol. The molecule has 0 aliphatic rings. The second kappa shape index (κ2) is 5.19. The Labute approximate surface area is 134 Å². The largest absolute Gasteiger partial charge is 0.490 e. The first-order chi connectivity index (χ1) is 11.6. The lowest BCUT2D eigenvalue weighted by molar-refractivity contribution is 0.317. The third kappa shape index (κ3) is 1.99. The van der Waals surface area contributed by atoms with Crippen molar-refractivity contribution in [2.75, 3.05) is 12.3 Å². The lowest BCUT2D eigenvalue weighted by Gasteiger charge is -2.13. The number of hydrogen-bond donors (Lipinski definition) is 2. The van der Waals surface area contributed by atoms with Crippen molar-refractivity contribution in [2.45, 2.75) is 6.92 Å². The van der Waals surface area contributed by atoms with Crippen LogP contribution in [0, 0.1) is 11.6 Å². The Morgan fingerprint density at radius 3 is 2.92 bits per heavy atom. The van der Waals surface area contributed by atoms with Crippen molar-refractivity contribution in [3.8, 4) is 16.9 Å². The highest BCUT2D eigenvalue weighted by Gasteiger charge is 2.23. The van der Waals surface area contributed by atoms with E-state index >= 15 is 0 Å². The molecule has 122 valence electrons. The molecule has 3 aromatic heterocycles. The van der Waals surface area contributed by atoms with E-state index in [1.165, 1.54) is 6.20 Å². The standard InChI is InChI=1S/C16H13F2N5O/c1-2-24-16-12(10-7-20-21-15(10)13(17)14(16)18)8-3-4-23-9(5-8)6-11(19)22-23/h3-7H,2H2,1H3,(H2,19,22)(H,20,21). The van der Waals surface area contributed by atoms with Crippen molar-refractivity contribution >= 4 is 22.2 Å². The first kappa shape index (κ1) is 14.4.